The van der Waals surface area contributed by atoms with Crippen LogP contribution in [0, 0.1) is 15.5 Å². The molecule has 1 unspecified atom stereocenters. The first-order valence-electron chi connectivity index (χ1n) is 12.1. The lowest BCUT2D eigenvalue weighted by Crippen LogP contribution is -2.39. The van der Waals surface area contributed by atoms with E-state index in [9.17, 15) is 19.7 Å². The molecule has 37 heavy (non-hydrogen) atoms. The number of benzene rings is 3. The summed E-state index contributed by atoms with van der Waals surface area (Å²) in [6.45, 7) is 4.13. The van der Waals surface area contributed by atoms with Crippen LogP contribution < -0.4 is 4.90 Å². The summed E-state index contributed by atoms with van der Waals surface area (Å²) in [6.07, 6.45) is 0.982. The van der Waals surface area contributed by atoms with Crippen LogP contribution in [0.2, 0.25) is 5.02 Å². The van der Waals surface area contributed by atoms with Crippen molar-refractivity contribution >= 4 is 40.2 Å². The van der Waals surface area contributed by atoms with Crippen molar-refractivity contribution in [3.63, 3.8) is 0 Å². The van der Waals surface area contributed by atoms with Crippen molar-refractivity contribution in [3.8, 4) is 0 Å². The number of nitro benzene ring substituents is 1. The smallest absolute Gasteiger partial charge is 0.269 e. The minimum absolute atomic E-state index is 0.00779. The van der Waals surface area contributed by atoms with E-state index in [1.807, 2.05) is 41.3 Å². The predicted molar refractivity (Wildman–Crippen MR) is 143 cm³/mol. The molecule has 0 spiro atoms. The summed E-state index contributed by atoms with van der Waals surface area (Å²) in [6, 6.07) is 21.1. The van der Waals surface area contributed by atoms with Gasteiger partial charge >= 0.3 is 0 Å². The van der Waals surface area contributed by atoms with E-state index in [1.165, 1.54) is 12.1 Å². The third-order valence-electron chi connectivity index (χ3n) is 7.42. The van der Waals surface area contributed by atoms with Crippen molar-refractivity contribution < 1.29 is 14.5 Å². The lowest BCUT2D eigenvalue weighted by atomic mass is 9.68. The number of hydrogen-bond acceptors (Lipinski definition) is 5. The maximum absolute atomic E-state index is 14.0. The molecule has 3 aromatic rings. The average Bonchev–Trinajstić information content (AvgIpc) is 3.15. The highest BCUT2D eigenvalue weighted by Gasteiger charge is 2.49. The van der Waals surface area contributed by atoms with Crippen molar-refractivity contribution in [2.45, 2.75) is 32.6 Å². The first-order valence-corrected chi connectivity index (χ1v) is 12.5. The number of non-ortho nitro benzene ring substituents is 1. The minimum atomic E-state index is -0.528. The number of halogens is 1. The Morgan fingerprint density at radius 3 is 2.19 bits per heavy atom. The van der Waals surface area contributed by atoms with E-state index in [2.05, 4.69) is 13.8 Å². The number of rotatable bonds is 3. The topological polar surface area (TPSA) is 80.5 Å². The quantitative estimate of drug-likeness (QED) is 0.277. The maximum Gasteiger partial charge on any atom is 0.269 e. The first-order chi connectivity index (χ1) is 17.7. The molecule has 1 aliphatic heterocycles. The lowest BCUT2D eigenvalue weighted by molar-refractivity contribution is -0.384. The fourth-order valence-corrected chi connectivity index (χ4v) is 6.03. The van der Waals surface area contributed by atoms with Crippen LogP contribution in [0.4, 0.5) is 11.4 Å². The molecule has 6 rings (SSSR count). The average molecular weight is 511 g/mol. The molecule has 0 amide bonds. The van der Waals surface area contributed by atoms with Gasteiger partial charge in [-0.3, -0.25) is 19.7 Å². The van der Waals surface area contributed by atoms with Crippen molar-refractivity contribution in [2.75, 3.05) is 4.90 Å². The summed E-state index contributed by atoms with van der Waals surface area (Å²) in [7, 11) is 0. The van der Waals surface area contributed by atoms with E-state index in [0.717, 1.165) is 22.5 Å². The largest absolute Gasteiger partial charge is 0.313 e. The molecule has 0 saturated carbocycles. The molecule has 7 heteroatoms. The molecule has 0 fully saturated rings. The first kappa shape index (κ1) is 23.4. The van der Waals surface area contributed by atoms with Gasteiger partial charge in [-0.15, -0.1) is 0 Å². The van der Waals surface area contributed by atoms with Gasteiger partial charge in [-0.05, 0) is 41.7 Å². The second kappa shape index (κ2) is 8.25. The zero-order chi connectivity index (χ0) is 26.1. The molecule has 1 heterocycles. The van der Waals surface area contributed by atoms with Gasteiger partial charge in [-0.2, -0.15) is 0 Å². The standard InChI is InChI=1S/C30H23ClN2O4/c1-30(2)15-23-26(24(34)16-30)25(17-7-9-18(31)10-8-17)27-28(21-5-3-4-6-22(21)29(27)35)32(23)19-11-13-20(14-12-19)33(36)37/h3-14,25H,15-16H2,1-2H3. The number of hydrogen-bond donors (Lipinski definition) is 0. The number of fused-ring (bicyclic) bond motifs is 2. The number of anilines is 1. The number of nitrogens with zero attached hydrogens (tertiary/aromatic N) is 2. The van der Waals surface area contributed by atoms with E-state index in [4.69, 9.17) is 11.6 Å². The van der Waals surface area contributed by atoms with Crippen molar-refractivity contribution in [2.24, 2.45) is 5.41 Å². The van der Waals surface area contributed by atoms with Gasteiger partial charge in [0.2, 0.25) is 0 Å². The van der Waals surface area contributed by atoms with Crippen LogP contribution in [0.15, 0.2) is 89.6 Å². The van der Waals surface area contributed by atoms with Crippen molar-refractivity contribution in [1.82, 2.24) is 0 Å². The summed E-state index contributed by atoms with van der Waals surface area (Å²) in [5.41, 5.74) is 5.31. The zero-order valence-corrected chi connectivity index (χ0v) is 21.1. The summed E-state index contributed by atoms with van der Waals surface area (Å²) >= 11 is 6.19. The second-order valence-electron chi connectivity index (χ2n) is 10.5. The molecule has 1 atom stereocenters. The van der Waals surface area contributed by atoms with E-state index in [0.29, 0.717) is 40.3 Å². The zero-order valence-electron chi connectivity index (χ0n) is 20.3. The van der Waals surface area contributed by atoms with Crippen LogP contribution in [0.1, 0.15) is 54.1 Å². The van der Waals surface area contributed by atoms with Crippen LogP contribution >= 0.6 is 11.6 Å². The van der Waals surface area contributed by atoms with Crippen LogP contribution in [0.3, 0.4) is 0 Å². The number of Topliss-reactive ketones (excluding diaryl/α,β-unsaturated/α-hetero) is 2. The van der Waals surface area contributed by atoms with Gasteiger partial charge in [0.1, 0.15) is 0 Å². The molecular weight excluding hydrogens is 488 g/mol. The predicted octanol–water partition coefficient (Wildman–Crippen LogP) is 7.10. The van der Waals surface area contributed by atoms with Gasteiger partial charge in [0.05, 0.1) is 10.6 Å². The molecule has 0 radical (unpaired) electrons. The fourth-order valence-electron chi connectivity index (χ4n) is 5.90. The van der Waals surface area contributed by atoms with Crippen LogP contribution in [0.5, 0.6) is 0 Å². The Morgan fingerprint density at radius 1 is 0.892 bits per heavy atom. The Balaban J connectivity index is 1.67. The molecule has 0 bridgehead atoms. The van der Waals surface area contributed by atoms with Gasteiger partial charge in [0, 0.05) is 63.2 Å². The van der Waals surface area contributed by atoms with Crippen LogP contribution in [-0.2, 0) is 4.79 Å². The number of allylic oxidation sites excluding steroid dienone is 3. The van der Waals surface area contributed by atoms with E-state index in [1.54, 1.807) is 24.3 Å². The number of nitro groups is 1. The summed E-state index contributed by atoms with van der Waals surface area (Å²) in [5, 5.41) is 11.9. The van der Waals surface area contributed by atoms with Gasteiger partial charge in [0.25, 0.3) is 5.69 Å². The number of carbonyl (C=O) groups excluding carboxylic acids is 2. The highest BCUT2D eigenvalue weighted by atomic mass is 35.5. The van der Waals surface area contributed by atoms with E-state index < -0.39 is 10.8 Å². The minimum Gasteiger partial charge on any atom is -0.313 e. The maximum atomic E-state index is 14.0. The third kappa shape index (κ3) is 3.63. The molecule has 0 N–H and O–H groups in total. The van der Waals surface area contributed by atoms with Crippen LogP contribution in [-0.4, -0.2) is 16.5 Å². The molecule has 184 valence electrons. The molecular formula is C30H23ClN2O4. The van der Waals surface area contributed by atoms with Crippen molar-refractivity contribution in [1.29, 1.82) is 0 Å². The lowest BCUT2D eigenvalue weighted by Gasteiger charge is -2.44. The van der Waals surface area contributed by atoms with E-state index in [-0.39, 0.29) is 22.7 Å². The Bertz CT molecular complexity index is 1570. The SMILES string of the molecule is CC1(C)CC(=O)C2=C(C1)N(c1ccc([N+](=O)[O-])cc1)C1=C(C(=O)c3ccccc31)C2c1ccc(Cl)cc1. The number of carbonyl (C=O) groups is 2. The Hall–Kier alpha value is -4.03. The van der Waals surface area contributed by atoms with Crippen LogP contribution in [0.25, 0.3) is 5.70 Å². The highest BCUT2D eigenvalue weighted by Crippen LogP contribution is 2.56. The van der Waals surface area contributed by atoms with E-state index >= 15 is 0 Å². The number of ketones is 2. The Morgan fingerprint density at radius 2 is 1.54 bits per heavy atom. The molecule has 3 aromatic carbocycles. The highest BCUT2D eigenvalue weighted by molar-refractivity contribution is 6.30. The Labute approximate surface area is 219 Å². The van der Waals surface area contributed by atoms with Gasteiger partial charge < -0.3 is 4.90 Å². The molecule has 3 aliphatic rings. The van der Waals surface area contributed by atoms with Crippen molar-refractivity contribution in [3.05, 3.63) is 121 Å². The molecule has 0 saturated heterocycles. The molecule has 2 aliphatic carbocycles. The summed E-state index contributed by atoms with van der Waals surface area (Å²) in [4.78, 5) is 40.7. The fraction of sp³-hybridized carbons (Fsp3) is 0.200. The second-order valence-corrected chi connectivity index (χ2v) is 11.0. The molecule has 0 aromatic heterocycles. The Kier molecular flexibility index (Phi) is 5.21. The normalized spacial score (nSPS) is 20.1. The molecule has 6 nitrogen and oxygen atoms in total. The van der Waals surface area contributed by atoms with Gasteiger partial charge in [-0.25, -0.2) is 0 Å². The third-order valence-corrected chi connectivity index (χ3v) is 7.67. The van der Waals surface area contributed by atoms with Gasteiger partial charge in [-0.1, -0.05) is 61.8 Å². The van der Waals surface area contributed by atoms with Gasteiger partial charge in [0.15, 0.2) is 11.6 Å². The monoisotopic (exact) mass is 510 g/mol. The summed E-state index contributed by atoms with van der Waals surface area (Å²) in [5.74, 6) is -0.630. The summed E-state index contributed by atoms with van der Waals surface area (Å²) < 4.78 is 0.